The topological polar surface area (TPSA) is 45.0 Å². The zero-order valence-corrected chi connectivity index (χ0v) is 11.0. The Hall–Kier alpha value is -1.60. The van der Waals surface area contributed by atoms with Crippen LogP contribution in [-0.2, 0) is 0 Å². The Kier molecular flexibility index (Phi) is 5.60. The first-order valence-corrected chi connectivity index (χ1v) is 6.08. The number of hydrogen-bond acceptors (Lipinski definition) is 3. The van der Waals surface area contributed by atoms with E-state index in [1.165, 1.54) is 0 Å². The van der Waals surface area contributed by atoms with Gasteiger partial charge in [0, 0.05) is 12.5 Å². The van der Waals surface area contributed by atoms with Gasteiger partial charge >= 0.3 is 0 Å². The average molecular weight is 250 g/mol. The van der Waals surface area contributed by atoms with Crippen LogP contribution in [0.15, 0.2) is 18.2 Å². The second kappa shape index (κ2) is 6.97. The Morgan fingerprint density at radius 2 is 2.17 bits per heavy atom. The van der Waals surface area contributed by atoms with Gasteiger partial charge in [0.2, 0.25) is 0 Å². The molecule has 0 saturated heterocycles. The van der Waals surface area contributed by atoms with Crippen molar-refractivity contribution in [2.45, 2.75) is 39.3 Å². The van der Waals surface area contributed by atoms with Gasteiger partial charge in [-0.25, -0.2) is 4.39 Å². The van der Waals surface area contributed by atoms with E-state index in [2.05, 4.69) is 11.4 Å². The summed E-state index contributed by atoms with van der Waals surface area (Å²) in [4.78, 5) is 0. The van der Waals surface area contributed by atoms with E-state index in [4.69, 9.17) is 10.00 Å². The normalized spacial score (nSPS) is 12.2. The molecule has 1 atom stereocenters. The number of nitriles is 1. The van der Waals surface area contributed by atoms with E-state index in [1.807, 2.05) is 13.8 Å². The van der Waals surface area contributed by atoms with Gasteiger partial charge in [0.05, 0.1) is 18.7 Å². The van der Waals surface area contributed by atoms with Gasteiger partial charge in [0.25, 0.3) is 0 Å². The molecule has 1 unspecified atom stereocenters. The second-order valence-electron chi connectivity index (χ2n) is 4.53. The van der Waals surface area contributed by atoms with Crippen molar-refractivity contribution in [2.24, 2.45) is 0 Å². The zero-order chi connectivity index (χ0) is 13.5. The molecule has 0 saturated carbocycles. The summed E-state index contributed by atoms with van der Waals surface area (Å²) in [6.07, 6.45) is 0.530. The number of rotatable bonds is 6. The Bertz CT molecular complexity index is 426. The largest absolute Gasteiger partial charge is 0.490 e. The molecule has 1 N–H and O–H groups in total. The van der Waals surface area contributed by atoms with Crippen LogP contribution in [0, 0.1) is 24.1 Å². The van der Waals surface area contributed by atoms with Crippen molar-refractivity contribution >= 4 is 0 Å². The van der Waals surface area contributed by atoms with Crippen LogP contribution in [0.3, 0.4) is 0 Å². The van der Waals surface area contributed by atoms with E-state index in [9.17, 15) is 4.39 Å². The van der Waals surface area contributed by atoms with Gasteiger partial charge in [0.1, 0.15) is 0 Å². The van der Waals surface area contributed by atoms with Gasteiger partial charge in [0.15, 0.2) is 11.6 Å². The van der Waals surface area contributed by atoms with Crippen LogP contribution in [0.4, 0.5) is 4.39 Å². The van der Waals surface area contributed by atoms with Crippen molar-refractivity contribution in [1.29, 1.82) is 5.26 Å². The van der Waals surface area contributed by atoms with Gasteiger partial charge in [-0.2, -0.15) is 5.26 Å². The van der Waals surface area contributed by atoms with Crippen LogP contribution < -0.4 is 10.1 Å². The minimum Gasteiger partial charge on any atom is -0.490 e. The first-order chi connectivity index (χ1) is 8.54. The summed E-state index contributed by atoms with van der Waals surface area (Å²) in [5.41, 5.74) is 0.560. The predicted molar refractivity (Wildman–Crippen MR) is 68.9 cm³/mol. The summed E-state index contributed by atoms with van der Waals surface area (Å²) < 4.78 is 19.0. The molecule has 0 aliphatic heterocycles. The summed E-state index contributed by atoms with van der Waals surface area (Å²) in [5.74, 6) is -0.0842. The Balaban J connectivity index is 2.46. The van der Waals surface area contributed by atoms with Crippen molar-refractivity contribution in [3.63, 3.8) is 0 Å². The fourth-order valence-electron chi connectivity index (χ4n) is 1.61. The molecule has 0 aliphatic carbocycles. The van der Waals surface area contributed by atoms with Crippen LogP contribution in [0.5, 0.6) is 5.75 Å². The van der Waals surface area contributed by atoms with E-state index in [-0.39, 0.29) is 23.7 Å². The summed E-state index contributed by atoms with van der Waals surface area (Å²) in [6, 6.07) is 7.18. The van der Waals surface area contributed by atoms with Crippen molar-refractivity contribution in [3.8, 4) is 11.8 Å². The molecule has 0 radical (unpaired) electrons. The first kappa shape index (κ1) is 14.5. The third kappa shape index (κ3) is 4.34. The fourth-order valence-corrected chi connectivity index (χ4v) is 1.61. The lowest BCUT2D eigenvalue weighted by Crippen LogP contribution is -2.34. The predicted octanol–water partition coefficient (Wildman–Crippen LogP) is 2.79. The Morgan fingerprint density at radius 3 is 2.78 bits per heavy atom. The highest BCUT2D eigenvalue weighted by atomic mass is 19.1. The molecular weight excluding hydrogens is 231 g/mol. The molecule has 0 amide bonds. The van der Waals surface area contributed by atoms with Gasteiger partial charge in [-0.1, -0.05) is 12.1 Å². The molecule has 0 bridgehead atoms. The molecule has 1 rings (SSSR count). The molecule has 0 fully saturated rings. The minimum atomic E-state index is -0.331. The summed E-state index contributed by atoms with van der Waals surface area (Å²) >= 11 is 0. The molecule has 4 heteroatoms. The zero-order valence-electron chi connectivity index (χ0n) is 11.0. The van der Waals surface area contributed by atoms with Crippen LogP contribution in [0.25, 0.3) is 0 Å². The molecule has 1 aromatic rings. The molecule has 0 heterocycles. The van der Waals surface area contributed by atoms with Crippen LogP contribution >= 0.6 is 0 Å². The smallest absolute Gasteiger partial charge is 0.167 e. The molecule has 0 spiro atoms. The number of nitrogens with one attached hydrogen (secondary N) is 1. The number of ether oxygens (including phenoxy) is 1. The third-order valence-electron chi connectivity index (χ3n) is 2.51. The summed E-state index contributed by atoms with van der Waals surface area (Å²) in [5, 5.41) is 12.0. The SMILES string of the molecule is Cc1cccc(OCCC(C#N)NC(C)C)c1F. The number of benzene rings is 1. The van der Waals surface area contributed by atoms with E-state index >= 15 is 0 Å². The van der Waals surface area contributed by atoms with Crippen molar-refractivity contribution in [2.75, 3.05) is 6.61 Å². The van der Waals surface area contributed by atoms with E-state index in [1.54, 1.807) is 25.1 Å². The monoisotopic (exact) mass is 250 g/mol. The average Bonchev–Trinajstić information content (AvgIpc) is 2.32. The molecule has 0 aromatic heterocycles. The van der Waals surface area contributed by atoms with Gasteiger partial charge in [-0.3, -0.25) is 5.32 Å². The molecule has 1 aromatic carbocycles. The van der Waals surface area contributed by atoms with E-state index in [0.717, 1.165) is 0 Å². The fraction of sp³-hybridized carbons (Fsp3) is 0.500. The highest BCUT2D eigenvalue weighted by Gasteiger charge is 2.10. The maximum Gasteiger partial charge on any atom is 0.167 e. The number of hydrogen-bond donors (Lipinski definition) is 1. The summed E-state index contributed by atoms with van der Waals surface area (Å²) in [6.45, 7) is 5.97. The highest BCUT2D eigenvalue weighted by Crippen LogP contribution is 2.19. The number of halogens is 1. The standard InChI is InChI=1S/C14H19FN2O/c1-10(2)17-12(9-16)7-8-18-13-6-4-5-11(3)14(13)15/h4-6,10,12,17H,7-8H2,1-3H3. The van der Waals surface area contributed by atoms with Crippen molar-refractivity contribution in [3.05, 3.63) is 29.6 Å². The molecular formula is C14H19FN2O. The van der Waals surface area contributed by atoms with Gasteiger partial charge in [-0.15, -0.1) is 0 Å². The quantitative estimate of drug-likeness (QED) is 0.844. The minimum absolute atomic E-state index is 0.241. The maximum atomic E-state index is 13.6. The van der Waals surface area contributed by atoms with Gasteiger partial charge in [-0.05, 0) is 32.4 Å². The Morgan fingerprint density at radius 1 is 1.44 bits per heavy atom. The van der Waals surface area contributed by atoms with Crippen molar-refractivity contribution in [1.82, 2.24) is 5.32 Å². The van der Waals surface area contributed by atoms with Crippen LogP contribution in [-0.4, -0.2) is 18.7 Å². The summed E-state index contributed by atoms with van der Waals surface area (Å²) in [7, 11) is 0. The number of nitrogens with zero attached hydrogens (tertiary/aromatic N) is 1. The Labute approximate surface area is 108 Å². The second-order valence-corrected chi connectivity index (χ2v) is 4.53. The molecule has 18 heavy (non-hydrogen) atoms. The van der Waals surface area contributed by atoms with E-state index in [0.29, 0.717) is 18.6 Å². The van der Waals surface area contributed by atoms with Crippen LogP contribution in [0.1, 0.15) is 25.8 Å². The first-order valence-electron chi connectivity index (χ1n) is 6.08. The molecule has 98 valence electrons. The van der Waals surface area contributed by atoms with Gasteiger partial charge < -0.3 is 4.74 Å². The molecule has 0 aliphatic rings. The number of aryl methyl sites for hydroxylation is 1. The molecule has 3 nitrogen and oxygen atoms in total. The lowest BCUT2D eigenvalue weighted by molar-refractivity contribution is 0.281. The van der Waals surface area contributed by atoms with E-state index < -0.39 is 0 Å². The van der Waals surface area contributed by atoms with Crippen molar-refractivity contribution < 1.29 is 9.13 Å². The van der Waals surface area contributed by atoms with Crippen LogP contribution in [0.2, 0.25) is 0 Å². The highest BCUT2D eigenvalue weighted by molar-refractivity contribution is 5.30. The maximum absolute atomic E-state index is 13.6. The lowest BCUT2D eigenvalue weighted by Gasteiger charge is -2.15. The lowest BCUT2D eigenvalue weighted by atomic mass is 10.2. The third-order valence-corrected chi connectivity index (χ3v) is 2.51.